The standard InChI is InChI=1S/C14H26N4O/c1-18-12(8-11-16-18)6-7-13(17-15)14(19-2)9-4-3-5-10-14/h8,11,13,17H,3-7,9-10,15H2,1-2H3. The average Bonchev–Trinajstić information content (AvgIpc) is 2.86. The summed E-state index contributed by atoms with van der Waals surface area (Å²) in [5.74, 6) is 5.79. The van der Waals surface area contributed by atoms with Crippen molar-refractivity contribution in [3.63, 3.8) is 0 Å². The van der Waals surface area contributed by atoms with E-state index in [0.717, 1.165) is 25.7 Å². The van der Waals surface area contributed by atoms with Gasteiger partial charge in [-0.2, -0.15) is 5.10 Å². The first-order valence-corrected chi connectivity index (χ1v) is 7.20. The second kappa shape index (κ2) is 6.50. The van der Waals surface area contributed by atoms with E-state index in [-0.39, 0.29) is 11.6 Å². The Balaban J connectivity index is 2.00. The first-order chi connectivity index (χ1) is 9.22. The van der Waals surface area contributed by atoms with Gasteiger partial charge in [-0.15, -0.1) is 0 Å². The van der Waals surface area contributed by atoms with Gasteiger partial charge < -0.3 is 4.74 Å². The number of rotatable bonds is 6. The third-order valence-electron chi connectivity index (χ3n) is 4.55. The molecule has 108 valence electrons. The number of nitrogens with one attached hydrogen (secondary N) is 1. The number of nitrogens with two attached hydrogens (primary N) is 1. The number of methoxy groups -OCH3 is 1. The molecular weight excluding hydrogens is 240 g/mol. The number of nitrogens with zero attached hydrogens (tertiary/aromatic N) is 2. The summed E-state index contributed by atoms with van der Waals surface area (Å²) < 4.78 is 7.79. The molecule has 1 aromatic rings. The van der Waals surface area contributed by atoms with Crippen LogP contribution in [0.2, 0.25) is 0 Å². The van der Waals surface area contributed by atoms with Crippen LogP contribution in [0.1, 0.15) is 44.2 Å². The molecule has 1 aliphatic rings. The van der Waals surface area contributed by atoms with Gasteiger partial charge in [0.25, 0.3) is 0 Å². The first kappa shape index (κ1) is 14.5. The van der Waals surface area contributed by atoms with E-state index >= 15 is 0 Å². The molecule has 0 aromatic carbocycles. The molecule has 0 radical (unpaired) electrons. The van der Waals surface area contributed by atoms with Crippen molar-refractivity contribution < 1.29 is 4.74 Å². The van der Waals surface area contributed by atoms with Gasteiger partial charge in [0.2, 0.25) is 0 Å². The summed E-state index contributed by atoms with van der Waals surface area (Å²) in [6.07, 6.45) is 9.76. The van der Waals surface area contributed by atoms with E-state index in [2.05, 4.69) is 16.6 Å². The van der Waals surface area contributed by atoms with Crippen molar-refractivity contribution in [2.24, 2.45) is 12.9 Å². The van der Waals surface area contributed by atoms with Crippen LogP contribution in [-0.4, -0.2) is 28.5 Å². The predicted octanol–water partition coefficient (Wildman–Crippen LogP) is 1.53. The van der Waals surface area contributed by atoms with Crippen molar-refractivity contribution in [3.8, 4) is 0 Å². The van der Waals surface area contributed by atoms with E-state index in [4.69, 9.17) is 10.6 Å². The van der Waals surface area contributed by atoms with Crippen LogP contribution in [0, 0.1) is 0 Å². The zero-order chi connectivity index (χ0) is 13.7. The SMILES string of the molecule is COC1(C(CCc2ccnn2C)NN)CCCCC1. The first-order valence-electron chi connectivity index (χ1n) is 7.20. The average molecular weight is 266 g/mol. The molecule has 0 saturated heterocycles. The highest BCUT2D eigenvalue weighted by Gasteiger charge is 2.39. The maximum atomic E-state index is 5.87. The third kappa shape index (κ3) is 3.16. The molecule has 5 nitrogen and oxygen atoms in total. The molecule has 1 aliphatic carbocycles. The zero-order valence-corrected chi connectivity index (χ0v) is 12.1. The van der Waals surface area contributed by atoms with Gasteiger partial charge in [0.1, 0.15) is 0 Å². The molecule has 1 atom stereocenters. The Bertz CT molecular complexity index is 385. The number of aryl methyl sites for hydroxylation is 2. The second-order valence-corrected chi connectivity index (χ2v) is 5.53. The highest BCUT2D eigenvalue weighted by molar-refractivity contribution is 5.03. The van der Waals surface area contributed by atoms with Gasteiger partial charge in [0.05, 0.1) is 11.6 Å². The Morgan fingerprint density at radius 3 is 2.74 bits per heavy atom. The number of aromatic nitrogens is 2. The molecule has 1 heterocycles. The quantitative estimate of drug-likeness (QED) is 0.605. The summed E-state index contributed by atoms with van der Waals surface area (Å²) in [6.45, 7) is 0. The molecule has 0 spiro atoms. The lowest BCUT2D eigenvalue weighted by atomic mass is 9.77. The van der Waals surface area contributed by atoms with E-state index in [1.54, 1.807) is 0 Å². The maximum Gasteiger partial charge on any atom is 0.0844 e. The predicted molar refractivity (Wildman–Crippen MR) is 75.5 cm³/mol. The summed E-state index contributed by atoms with van der Waals surface area (Å²) in [4.78, 5) is 0. The summed E-state index contributed by atoms with van der Waals surface area (Å²) in [5, 5.41) is 4.20. The number of ether oxygens (including phenoxy) is 1. The van der Waals surface area contributed by atoms with E-state index in [9.17, 15) is 0 Å². The third-order valence-corrected chi connectivity index (χ3v) is 4.55. The molecule has 3 N–H and O–H groups in total. The van der Waals surface area contributed by atoms with Gasteiger partial charge in [0, 0.05) is 26.0 Å². The van der Waals surface area contributed by atoms with Crippen LogP contribution in [0.5, 0.6) is 0 Å². The molecule has 0 aliphatic heterocycles. The Labute approximate surface area is 115 Å². The number of hydrogen-bond acceptors (Lipinski definition) is 4. The van der Waals surface area contributed by atoms with Crippen molar-refractivity contribution in [1.82, 2.24) is 15.2 Å². The van der Waals surface area contributed by atoms with E-state index < -0.39 is 0 Å². The van der Waals surface area contributed by atoms with Gasteiger partial charge >= 0.3 is 0 Å². The maximum absolute atomic E-state index is 5.87. The molecule has 1 aromatic heterocycles. The largest absolute Gasteiger partial charge is 0.377 e. The lowest BCUT2D eigenvalue weighted by Gasteiger charge is -2.42. The van der Waals surface area contributed by atoms with Crippen LogP contribution in [-0.2, 0) is 18.2 Å². The Morgan fingerprint density at radius 2 is 2.21 bits per heavy atom. The van der Waals surface area contributed by atoms with Crippen LogP contribution in [0.3, 0.4) is 0 Å². The molecule has 1 unspecified atom stereocenters. The van der Waals surface area contributed by atoms with Crippen molar-refractivity contribution in [2.75, 3.05) is 7.11 Å². The number of hydrazine groups is 1. The fourth-order valence-electron chi connectivity index (χ4n) is 3.28. The van der Waals surface area contributed by atoms with Gasteiger partial charge in [-0.3, -0.25) is 16.0 Å². The lowest BCUT2D eigenvalue weighted by molar-refractivity contribution is -0.0693. The smallest absolute Gasteiger partial charge is 0.0844 e. The van der Waals surface area contributed by atoms with Crippen LogP contribution >= 0.6 is 0 Å². The van der Waals surface area contributed by atoms with Gasteiger partial charge in [-0.1, -0.05) is 19.3 Å². The van der Waals surface area contributed by atoms with Gasteiger partial charge in [0.15, 0.2) is 0 Å². The van der Waals surface area contributed by atoms with Crippen molar-refractivity contribution in [1.29, 1.82) is 0 Å². The zero-order valence-electron chi connectivity index (χ0n) is 12.1. The Kier molecular flexibility index (Phi) is 4.96. The molecule has 1 fully saturated rings. The van der Waals surface area contributed by atoms with Gasteiger partial charge in [-0.05, 0) is 31.7 Å². The summed E-state index contributed by atoms with van der Waals surface area (Å²) >= 11 is 0. The van der Waals surface area contributed by atoms with E-state index in [1.165, 1.54) is 25.0 Å². The fourth-order valence-corrected chi connectivity index (χ4v) is 3.28. The van der Waals surface area contributed by atoms with Crippen molar-refractivity contribution in [2.45, 2.75) is 56.6 Å². The monoisotopic (exact) mass is 266 g/mol. The summed E-state index contributed by atoms with van der Waals surface area (Å²) in [6, 6.07) is 2.26. The Morgan fingerprint density at radius 1 is 1.47 bits per heavy atom. The second-order valence-electron chi connectivity index (χ2n) is 5.53. The molecule has 0 bridgehead atoms. The van der Waals surface area contributed by atoms with Crippen molar-refractivity contribution in [3.05, 3.63) is 18.0 Å². The molecule has 5 heteroatoms. The molecule has 19 heavy (non-hydrogen) atoms. The Hall–Kier alpha value is -0.910. The minimum atomic E-state index is -0.0917. The highest BCUT2D eigenvalue weighted by Crippen LogP contribution is 2.35. The van der Waals surface area contributed by atoms with Gasteiger partial charge in [-0.25, -0.2) is 0 Å². The van der Waals surface area contributed by atoms with Crippen molar-refractivity contribution >= 4 is 0 Å². The van der Waals surface area contributed by atoms with Crippen LogP contribution < -0.4 is 11.3 Å². The van der Waals surface area contributed by atoms with Crippen LogP contribution in [0.15, 0.2) is 12.3 Å². The van der Waals surface area contributed by atoms with E-state index in [0.29, 0.717) is 0 Å². The fraction of sp³-hybridized carbons (Fsp3) is 0.786. The summed E-state index contributed by atoms with van der Waals surface area (Å²) in [5.41, 5.74) is 4.14. The van der Waals surface area contributed by atoms with Crippen LogP contribution in [0.4, 0.5) is 0 Å². The number of hydrogen-bond donors (Lipinski definition) is 2. The molecule has 2 rings (SSSR count). The lowest BCUT2D eigenvalue weighted by Crippen LogP contribution is -2.55. The van der Waals surface area contributed by atoms with Crippen LogP contribution in [0.25, 0.3) is 0 Å². The topological polar surface area (TPSA) is 65.1 Å². The van der Waals surface area contributed by atoms with E-state index in [1.807, 2.05) is 25.0 Å². The minimum absolute atomic E-state index is 0.0917. The molecule has 0 amide bonds. The minimum Gasteiger partial charge on any atom is -0.377 e. The summed E-state index contributed by atoms with van der Waals surface area (Å²) in [7, 11) is 3.80. The molecule has 1 saturated carbocycles. The highest BCUT2D eigenvalue weighted by atomic mass is 16.5. The normalized spacial score (nSPS) is 20.4. The molecular formula is C14H26N4O.